The zero-order valence-corrected chi connectivity index (χ0v) is 10.7. The van der Waals surface area contributed by atoms with Crippen molar-refractivity contribution in [3.63, 3.8) is 0 Å². The second-order valence-corrected chi connectivity index (χ2v) is 4.80. The van der Waals surface area contributed by atoms with Crippen LogP contribution in [-0.4, -0.2) is 9.55 Å². The summed E-state index contributed by atoms with van der Waals surface area (Å²) in [6.45, 7) is 2.04. The van der Waals surface area contributed by atoms with Crippen LogP contribution in [0.4, 0.5) is 0 Å². The third-order valence-corrected chi connectivity index (χ3v) is 3.71. The molecule has 0 N–H and O–H groups in total. The van der Waals surface area contributed by atoms with E-state index in [0.29, 0.717) is 5.56 Å². The van der Waals surface area contributed by atoms with Crippen LogP contribution in [0.5, 0.6) is 0 Å². The van der Waals surface area contributed by atoms with Crippen molar-refractivity contribution in [2.45, 2.75) is 17.8 Å². The average molecular weight is 243 g/mol. The lowest BCUT2D eigenvalue weighted by atomic mass is 10.1. The molecule has 17 heavy (non-hydrogen) atoms. The highest BCUT2D eigenvalue weighted by Gasteiger charge is 2.04. The summed E-state index contributed by atoms with van der Waals surface area (Å²) < 4.78 is 2.00. The predicted octanol–water partition coefficient (Wildman–Crippen LogP) is 2.89. The number of thioether (sulfide) groups is 1. The number of nitrogens with zero attached hydrogens (tertiary/aromatic N) is 3. The van der Waals surface area contributed by atoms with E-state index in [-0.39, 0.29) is 0 Å². The van der Waals surface area contributed by atoms with Gasteiger partial charge < -0.3 is 4.57 Å². The normalized spacial score (nSPS) is 10.2. The molecule has 0 aliphatic heterocycles. The van der Waals surface area contributed by atoms with E-state index in [4.69, 9.17) is 5.26 Å². The third kappa shape index (κ3) is 2.69. The quantitative estimate of drug-likeness (QED) is 0.778. The number of nitriles is 1. The summed E-state index contributed by atoms with van der Waals surface area (Å²) >= 11 is 1.70. The van der Waals surface area contributed by atoms with E-state index < -0.39 is 0 Å². The van der Waals surface area contributed by atoms with Crippen LogP contribution >= 0.6 is 11.8 Å². The molecular weight excluding hydrogens is 230 g/mol. The van der Waals surface area contributed by atoms with Gasteiger partial charge in [-0.2, -0.15) is 5.26 Å². The molecule has 0 saturated heterocycles. The van der Waals surface area contributed by atoms with Gasteiger partial charge in [-0.15, -0.1) is 0 Å². The maximum atomic E-state index is 8.80. The number of benzene rings is 1. The van der Waals surface area contributed by atoms with Crippen molar-refractivity contribution in [1.82, 2.24) is 9.55 Å². The summed E-state index contributed by atoms with van der Waals surface area (Å²) in [7, 11) is 1.99. The highest BCUT2D eigenvalue weighted by Crippen LogP contribution is 2.22. The molecule has 0 fully saturated rings. The van der Waals surface area contributed by atoms with Gasteiger partial charge in [-0.3, -0.25) is 0 Å². The number of rotatable bonds is 3. The van der Waals surface area contributed by atoms with Crippen LogP contribution in [0.25, 0.3) is 0 Å². The van der Waals surface area contributed by atoms with E-state index >= 15 is 0 Å². The monoisotopic (exact) mass is 243 g/mol. The first-order chi connectivity index (χ1) is 8.20. The Labute approximate surface area is 105 Å². The van der Waals surface area contributed by atoms with Gasteiger partial charge in [0.2, 0.25) is 0 Å². The molecule has 0 atom stereocenters. The van der Waals surface area contributed by atoms with Crippen LogP contribution in [0.15, 0.2) is 35.7 Å². The molecular formula is C13H13N3S. The predicted molar refractivity (Wildman–Crippen MR) is 68.7 cm³/mol. The maximum absolute atomic E-state index is 8.80. The fourth-order valence-electron chi connectivity index (χ4n) is 1.56. The van der Waals surface area contributed by atoms with Crippen LogP contribution < -0.4 is 0 Å². The van der Waals surface area contributed by atoms with Gasteiger partial charge in [0, 0.05) is 25.2 Å². The molecule has 0 radical (unpaired) electrons. The topological polar surface area (TPSA) is 41.6 Å². The lowest BCUT2D eigenvalue weighted by molar-refractivity contribution is 0.790. The van der Waals surface area contributed by atoms with E-state index in [1.54, 1.807) is 18.0 Å². The Morgan fingerprint density at radius 1 is 1.47 bits per heavy atom. The van der Waals surface area contributed by atoms with E-state index in [1.165, 1.54) is 5.56 Å². The van der Waals surface area contributed by atoms with Crippen molar-refractivity contribution in [1.29, 1.82) is 5.26 Å². The SMILES string of the molecule is Cc1cc(C#N)ccc1CSc1nccn1C. The fraction of sp³-hybridized carbons (Fsp3) is 0.231. The molecule has 2 rings (SSSR count). The van der Waals surface area contributed by atoms with Crippen LogP contribution in [0.3, 0.4) is 0 Å². The van der Waals surface area contributed by atoms with Gasteiger partial charge in [0.05, 0.1) is 11.6 Å². The Morgan fingerprint density at radius 2 is 2.29 bits per heavy atom. The summed E-state index contributed by atoms with van der Waals surface area (Å²) in [5.41, 5.74) is 3.12. The Hall–Kier alpha value is -1.73. The van der Waals surface area contributed by atoms with Crippen LogP contribution in [-0.2, 0) is 12.8 Å². The minimum absolute atomic E-state index is 0.716. The van der Waals surface area contributed by atoms with Crippen molar-refractivity contribution in [3.8, 4) is 6.07 Å². The van der Waals surface area contributed by atoms with E-state index in [2.05, 4.69) is 11.1 Å². The number of aromatic nitrogens is 2. The molecule has 0 bridgehead atoms. The molecule has 0 spiro atoms. The van der Waals surface area contributed by atoms with Crippen molar-refractivity contribution < 1.29 is 0 Å². The molecule has 3 nitrogen and oxygen atoms in total. The Kier molecular flexibility index (Phi) is 3.50. The van der Waals surface area contributed by atoms with Gasteiger partial charge in [-0.25, -0.2) is 4.98 Å². The first-order valence-electron chi connectivity index (χ1n) is 5.30. The van der Waals surface area contributed by atoms with Gasteiger partial charge in [-0.1, -0.05) is 17.8 Å². The number of hydrogen-bond donors (Lipinski definition) is 0. The first-order valence-corrected chi connectivity index (χ1v) is 6.29. The lowest BCUT2D eigenvalue weighted by Crippen LogP contribution is -1.92. The minimum Gasteiger partial charge on any atom is -0.329 e. The maximum Gasteiger partial charge on any atom is 0.167 e. The molecule has 1 heterocycles. The van der Waals surface area contributed by atoms with Gasteiger partial charge in [0.1, 0.15) is 0 Å². The van der Waals surface area contributed by atoms with Crippen LogP contribution in [0, 0.1) is 18.3 Å². The van der Waals surface area contributed by atoms with Crippen molar-refractivity contribution >= 4 is 11.8 Å². The first kappa shape index (κ1) is 11.7. The molecule has 0 aliphatic rings. The average Bonchev–Trinajstić information content (AvgIpc) is 2.73. The second kappa shape index (κ2) is 5.07. The highest BCUT2D eigenvalue weighted by atomic mass is 32.2. The molecule has 0 amide bonds. The molecule has 0 aliphatic carbocycles. The standard InChI is InChI=1S/C13H13N3S/c1-10-7-11(8-14)3-4-12(10)9-17-13-15-5-6-16(13)2/h3-7H,9H2,1-2H3. The van der Waals surface area contributed by atoms with E-state index in [1.807, 2.05) is 42.9 Å². The smallest absolute Gasteiger partial charge is 0.167 e. The molecule has 4 heteroatoms. The van der Waals surface area contributed by atoms with E-state index in [9.17, 15) is 0 Å². The minimum atomic E-state index is 0.716. The Morgan fingerprint density at radius 3 is 2.88 bits per heavy atom. The zero-order valence-electron chi connectivity index (χ0n) is 9.84. The molecule has 1 aromatic heterocycles. The van der Waals surface area contributed by atoms with Gasteiger partial charge in [0.15, 0.2) is 5.16 Å². The lowest BCUT2D eigenvalue weighted by Gasteiger charge is -2.05. The fourth-order valence-corrected chi connectivity index (χ4v) is 2.57. The Balaban J connectivity index is 2.10. The number of hydrogen-bond acceptors (Lipinski definition) is 3. The summed E-state index contributed by atoms with van der Waals surface area (Å²) in [5.74, 6) is 0.877. The highest BCUT2D eigenvalue weighted by molar-refractivity contribution is 7.98. The second-order valence-electron chi connectivity index (χ2n) is 3.86. The van der Waals surface area contributed by atoms with Crippen molar-refractivity contribution in [2.75, 3.05) is 0 Å². The molecule has 0 unspecified atom stereocenters. The molecule has 86 valence electrons. The summed E-state index contributed by atoms with van der Waals surface area (Å²) in [6, 6.07) is 7.96. The third-order valence-electron chi connectivity index (χ3n) is 2.61. The van der Waals surface area contributed by atoms with E-state index in [0.717, 1.165) is 16.5 Å². The van der Waals surface area contributed by atoms with Crippen molar-refractivity contribution in [2.24, 2.45) is 7.05 Å². The molecule has 0 saturated carbocycles. The van der Waals surface area contributed by atoms with Crippen molar-refractivity contribution in [3.05, 3.63) is 47.3 Å². The zero-order chi connectivity index (χ0) is 12.3. The molecule has 2 aromatic rings. The van der Waals surface area contributed by atoms with Crippen LogP contribution in [0.1, 0.15) is 16.7 Å². The van der Waals surface area contributed by atoms with Gasteiger partial charge >= 0.3 is 0 Å². The van der Waals surface area contributed by atoms with Gasteiger partial charge in [0.25, 0.3) is 0 Å². The number of imidazole rings is 1. The van der Waals surface area contributed by atoms with Gasteiger partial charge in [-0.05, 0) is 30.2 Å². The molecule has 1 aromatic carbocycles. The summed E-state index contributed by atoms with van der Waals surface area (Å²) in [5, 5.41) is 9.81. The van der Waals surface area contributed by atoms with Crippen LogP contribution in [0.2, 0.25) is 0 Å². The summed E-state index contributed by atoms with van der Waals surface area (Å²) in [6.07, 6.45) is 3.74. The Bertz CT molecular complexity index is 566. The number of aryl methyl sites for hydroxylation is 2. The summed E-state index contributed by atoms with van der Waals surface area (Å²) in [4.78, 5) is 4.27. The largest absolute Gasteiger partial charge is 0.329 e.